The van der Waals surface area contributed by atoms with Crippen molar-refractivity contribution in [3.8, 4) is 0 Å². The average Bonchev–Trinajstić information content (AvgIpc) is 2.58. The van der Waals surface area contributed by atoms with Crippen molar-refractivity contribution in [2.24, 2.45) is 0 Å². The second-order valence-corrected chi connectivity index (χ2v) is 4.38. The number of halogens is 2. The third-order valence-corrected chi connectivity index (χ3v) is 3.48. The van der Waals surface area contributed by atoms with Crippen LogP contribution >= 0.6 is 22.9 Å². The zero-order valence-corrected chi connectivity index (χ0v) is 9.05. The number of aromatic nitrogens is 1. The van der Waals surface area contributed by atoms with Crippen LogP contribution in [0.15, 0.2) is 6.07 Å². The van der Waals surface area contributed by atoms with Crippen LogP contribution < -0.4 is 5.73 Å². The highest BCUT2D eigenvalue weighted by molar-refractivity contribution is 7.19. The average molecular weight is 231 g/mol. The number of thiazole rings is 1. The Morgan fingerprint density at radius 3 is 3.00 bits per heavy atom. The summed E-state index contributed by atoms with van der Waals surface area (Å²) in [5, 5.41) is 1.24. The molecule has 0 unspecified atom stereocenters. The third kappa shape index (κ3) is 1.35. The van der Waals surface area contributed by atoms with E-state index in [4.69, 9.17) is 17.3 Å². The van der Waals surface area contributed by atoms with Gasteiger partial charge < -0.3 is 5.73 Å². The minimum atomic E-state index is -0.478. The molecule has 1 heterocycles. The molecule has 0 aliphatic heterocycles. The number of nitrogens with zero attached hydrogens (tertiary/aromatic N) is 1. The van der Waals surface area contributed by atoms with Gasteiger partial charge >= 0.3 is 0 Å². The molecule has 5 heteroatoms. The zero-order chi connectivity index (χ0) is 10.3. The predicted molar refractivity (Wildman–Crippen MR) is 58.4 cm³/mol. The van der Waals surface area contributed by atoms with Gasteiger partial charge in [-0.3, -0.25) is 0 Å². The number of benzene rings is 1. The Hall–Kier alpha value is -0.870. The molecule has 1 aromatic carbocycles. The van der Waals surface area contributed by atoms with E-state index in [-0.39, 0.29) is 5.69 Å². The van der Waals surface area contributed by atoms with Crippen molar-refractivity contribution >= 4 is 38.8 Å². The van der Waals surface area contributed by atoms with E-state index < -0.39 is 5.82 Å². The summed E-state index contributed by atoms with van der Waals surface area (Å²) < 4.78 is 13.8. The molecule has 1 aromatic heterocycles. The fourth-order valence-corrected chi connectivity index (χ4v) is 2.49. The van der Waals surface area contributed by atoms with Crippen molar-refractivity contribution in [3.05, 3.63) is 21.9 Å². The lowest BCUT2D eigenvalue weighted by atomic mass is 10.3. The molecule has 74 valence electrons. The normalized spacial score (nSPS) is 11.1. The monoisotopic (exact) mass is 230 g/mol. The van der Waals surface area contributed by atoms with Crippen LogP contribution in [0.2, 0.25) is 5.02 Å². The largest absolute Gasteiger partial charge is 0.395 e. The van der Waals surface area contributed by atoms with Gasteiger partial charge in [-0.1, -0.05) is 18.5 Å². The van der Waals surface area contributed by atoms with Crippen LogP contribution in [0.25, 0.3) is 10.2 Å². The van der Waals surface area contributed by atoms with Crippen LogP contribution in [0.1, 0.15) is 11.9 Å². The first kappa shape index (κ1) is 9.68. The fourth-order valence-electron chi connectivity index (χ4n) is 1.23. The van der Waals surface area contributed by atoms with Gasteiger partial charge in [-0.2, -0.15) is 0 Å². The molecular weight excluding hydrogens is 223 g/mol. The van der Waals surface area contributed by atoms with Crippen LogP contribution in [0.3, 0.4) is 0 Å². The summed E-state index contributed by atoms with van der Waals surface area (Å²) in [4.78, 5) is 4.27. The van der Waals surface area contributed by atoms with Gasteiger partial charge in [0, 0.05) is 0 Å². The standard InChI is InChI=1S/C9H8ClFN2S/c1-2-6-13-8-4(10)3-5(11)7(12)9(8)14-6/h3H,2,12H2,1H3. The SMILES string of the molecule is CCc1nc2c(Cl)cc(F)c(N)c2s1. The third-order valence-electron chi connectivity index (χ3n) is 1.96. The maximum atomic E-state index is 13.2. The number of hydrogen-bond donors (Lipinski definition) is 1. The summed E-state index contributed by atoms with van der Waals surface area (Å²) in [5.74, 6) is -0.478. The van der Waals surface area contributed by atoms with Crippen molar-refractivity contribution in [1.29, 1.82) is 0 Å². The summed E-state index contributed by atoms with van der Waals surface area (Å²) in [6.45, 7) is 1.98. The molecule has 0 saturated heterocycles. The highest BCUT2D eigenvalue weighted by Crippen LogP contribution is 2.34. The molecule has 2 aromatic rings. The summed E-state index contributed by atoms with van der Waals surface area (Å²) in [6, 6.07) is 1.21. The predicted octanol–water partition coefficient (Wildman–Crippen LogP) is 3.23. The van der Waals surface area contributed by atoms with Gasteiger partial charge in [-0.15, -0.1) is 11.3 Å². The molecule has 0 saturated carbocycles. The van der Waals surface area contributed by atoms with Gasteiger partial charge in [-0.25, -0.2) is 9.37 Å². The van der Waals surface area contributed by atoms with Crippen molar-refractivity contribution < 1.29 is 4.39 Å². The second kappa shape index (κ2) is 3.37. The molecule has 2 nitrogen and oxygen atoms in total. The first-order chi connectivity index (χ1) is 6.63. The molecule has 0 radical (unpaired) electrons. The van der Waals surface area contributed by atoms with Crippen molar-refractivity contribution in [2.75, 3.05) is 5.73 Å². The van der Waals surface area contributed by atoms with E-state index in [1.165, 1.54) is 17.4 Å². The minimum absolute atomic E-state index is 0.140. The van der Waals surface area contributed by atoms with E-state index in [0.717, 1.165) is 11.4 Å². The van der Waals surface area contributed by atoms with Gasteiger partial charge in [0.1, 0.15) is 11.3 Å². The van der Waals surface area contributed by atoms with E-state index in [0.29, 0.717) is 15.2 Å². The molecule has 0 fully saturated rings. The van der Waals surface area contributed by atoms with E-state index in [2.05, 4.69) is 4.98 Å². The first-order valence-corrected chi connectivity index (χ1v) is 5.35. The highest BCUT2D eigenvalue weighted by Gasteiger charge is 2.13. The quantitative estimate of drug-likeness (QED) is 0.764. The Kier molecular flexibility index (Phi) is 2.33. The maximum Gasteiger partial charge on any atom is 0.149 e. The van der Waals surface area contributed by atoms with Crippen molar-refractivity contribution in [3.63, 3.8) is 0 Å². The van der Waals surface area contributed by atoms with Gasteiger partial charge in [0.05, 0.1) is 20.4 Å². The molecule has 0 bridgehead atoms. The Bertz CT molecular complexity index is 495. The summed E-state index contributed by atoms with van der Waals surface area (Å²) in [6.07, 6.45) is 0.802. The maximum absolute atomic E-state index is 13.2. The van der Waals surface area contributed by atoms with Crippen LogP contribution in [-0.2, 0) is 6.42 Å². The number of hydrogen-bond acceptors (Lipinski definition) is 3. The van der Waals surface area contributed by atoms with Gasteiger partial charge in [0.2, 0.25) is 0 Å². The van der Waals surface area contributed by atoms with Crippen molar-refractivity contribution in [2.45, 2.75) is 13.3 Å². The number of fused-ring (bicyclic) bond motifs is 1. The van der Waals surface area contributed by atoms with E-state index in [1.807, 2.05) is 6.92 Å². The molecule has 0 amide bonds. The molecule has 0 atom stereocenters. The molecule has 0 aliphatic rings. The molecule has 0 aliphatic carbocycles. The smallest absolute Gasteiger partial charge is 0.149 e. The number of nitrogens with two attached hydrogens (primary N) is 1. The first-order valence-electron chi connectivity index (χ1n) is 4.16. The number of aryl methyl sites for hydroxylation is 1. The minimum Gasteiger partial charge on any atom is -0.395 e. The van der Waals surface area contributed by atoms with Crippen LogP contribution in [0, 0.1) is 5.82 Å². The molecule has 2 rings (SSSR count). The lowest BCUT2D eigenvalue weighted by Crippen LogP contribution is -1.90. The van der Waals surface area contributed by atoms with Gasteiger partial charge in [-0.05, 0) is 12.5 Å². The second-order valence-electron chi connectivity index (χ2n) is 2.89. The van der Waals surface area contributed by atoms with E-state index >= 15 is 0 Å². The number of rotatable bonds is 1. The van der Waals surface area contributed by atoms with Crippen LogP contribution in [0.4, 0.5) is 10.1 Å². The summed E-state index contributed by atoms with van der Waals surface area (Å²) >= 11 is 7.24. The Morgan fingerprint density at radius 2 is 2.36 bits per heavy atom. The fraction of sp³-hybridized carbons (Fsp3) is 0.222. The van der Waals surface area contributed by atoms with Crippen LogP contribution in [0.5, 0.6) is 0 Å². The van der Waals surface area contributed by atoms with E-state index in [9.17, 15) is 4.39 Å². The lowest BCUT2D eigenvalue weighted by molar-refractivity contribution is 0.634. The van der Waals surface area contributed by atoms with Gasteiger partial charge in [0.25, 0.3) is 0 Å². The molecule has 0 spiro atoms. The molecule has 14 heavy (non-hydrogen) atoms. The summed E-state index contributed by atoms with van der Waals surface area (Å²) in [5.41, 5.74) is 6.34. The highest BCUT2D eigenvalue weighted by atomic mass is 35.5. The van der Waals surface area contributed by atoms with Crippen molar-refractivity contribution in [1.82, 2.24) is 4.98 Å². The Morgan fingerprint density at radius 1 is 1.64 bits per heavy atom. The zero-order valence-electron chi connectivity index (χ0n) is 7.47. The van der Waals surface area contributed by atoms with Gasteiger partial charge in [0.15, 0.2) is 0 Å². The van der Waals surface area contributed by atoms with E-state index in [1.54, 1.807) is 0 Å². The van der Waals surface area contributed by atoms with Crippen LogP contribution in [-0.4, -0.2) is 4.98 Å². The Balaban J connectivity index is 2.84. The number of nitrogen functional groups attached to an aromatic ring is 1. The lowest BCUT2D eigenvalue weighted by Gasteiger charge is -1.98. The Labute approximate surface area is 89.5 Å². The topological polar surface area (TPSA) is 38.9 Å². The molecule has 2 N–H and O–H groups in total. The summed E-state index contributed by atoms with van der Waals surface area (Å²) in [7, 11) is 0. The molecular formula is C9H8ClFN2S. The number of anilines is 1.